The lowest BCUT2D eigenvalue weighted by Crippen LogP contribution is -2.49. The molecule has 122 valence electrons. The average molecular weight is 342 g/mol. The van der Waals surface area contributed by atoms with E-state index < -0.39 is 16.1 Å². The summed E-state index contributed by atoms with van der Waals surface area (Å²) in [7, 11) is -3.53. The normalized spacial score (nSPS) is 24.8. The predicted molar refractivity (Wildman–Crippen MR) is 86.2 cm³/mol. The standard InChI is InChI=1S/C15H22N2O3S2/c1-12-6-9-16(10-7-12)15(18)13-4-2-8-17(13)22(19,20)14-5-3-11-21-14/h3,5,11-13H,2,4,6-10H2,1H3. The highest BCUT2D eigenvalue weighted by Gasteiger charge is 2.41. The number of hydrogen-bond donors (Lipinski definition) is 0. The molecule has 1 atom stereocenters. The molecule has 0 aliphatic carbocycles. The minimum Gasteiger partial charge on any atom is -0.341 e. The first-order chi connectivity index (χ1) is 10.5. The summed E-state index contributed by atoms with van der Waals surface area (Å²) in [5, 5.41) is 1.76. The molecular formula is C15H22N2O3S2. The van der Waals surface area contributed by atoms with Gasteiger partial charge in [-0.25, -0.2) is 8.42 Å². The highest BCUT2D eigenvalue weighted by atomic mass is 32.2. The Morgan fingerprint density at radius 2 is 1.95 bits per heavy atom. The number of nitrogens with zero attached hydrogens (tertiary/aromatic N) is 2. The first-order valence-electron chi connectivity index (χ1n) is 7.84. The average Bonchev–Trinajstić information content (AvgIpc) is 3.19. The third-order valence-electron chi connectivity index (χ3n) is 4.64. The summed E-state index contributed by atoms with van der Waals surface area (Å²) in [6, 6.07) is 2.83. The number of carbonyl (C=O) groups excluding carboxylic acids is 1. The van der Waals surface area contributed by atoms with E-state index in [-0.39, 0.29) is 5.91 Å². The second-order valence-corrected chi connectivity index (χ2v) is 9.28. The van der Waals surface area contributed by atoms with Crippen LogP contribution in [0.3, 0.4) is 0 Å². The van der Waals surface area contributed by atoms with Crippen molar-refractivity contribution in [2.75, 3.05) is 19.6 Å². The van der Waals surface area contributed by atoms with Gasteiger partial charge in [-0.2, -0.15) is 4.31 Å². The zero-order valence-electron chi connectivity index (χ0n) is 12.8. The number of thiophene rings is 1. The molecule has 1 aromatic rings. The molecule has 2 saturated heterocycles. The highest BCUT2D eigenvalue weighted by Crippen LogP contribution is 2.30. The first kappa shape index (κ1) is 16.0. The topological polar surface area (TPSA) is 57.7 Å². The van der Waals surface area contributed by atoms with Gasteiger partial charge in [-0.3, -0.25) is 4.79 Å². The van der Waals surface area contributed by atoms with Crippen LogP contribution in [0, 0.1) is 5.92 Å². The van der Waals surface area contributed by atoms with E-state index in [1.165, 1.54) is 15.6 Å². The van der Waals surface area contributed by atoms with Gasteiger partial charge in [0.25, 0.3) is 10.0 Å². The molecule has 1 aromatic heterocycles. The molecule has 2 aliphatic heterocycles. The van der Waals surface area contributed by atoms with Crippen molar-refractivity contribution in [1.29, 1.82) is 0 Å². The van der Waals surface area contributed by atoms with Gasteiger partial charge in [-0.15, -0.1) is 11.3 Å². The van der Waals surface area contributed by atoms with Gasteiger partial charge < -0.3 is 4.90 Å². The summed E-state index contributed by atoms with van der Waals surface area (Å²) < 4.78 is 27.2. The Bertz CT molecular complexity index is 619. The number of rotatable bonds is 3. The largest absolute Gasteiger partial charge is 0.341 e. The molecule has 0 N–H and O–H groups in total. The van der Waals surface area contributed by atoms with Crippen LogP contribution in [0.15, 0.2) is 21.7 Å². The first-order valence-corrected chi connectivity index (χ1v) is 10.2. The van der Waals surface area contributed by atoms with Gasteiger partial charge >= 0.3 is 0 Å². The van der Waals surface area contributed by atoms with Gasteiger partial charge in [0.1, 0.15) is 10.3 Å². The lowest BCUT2D eigenvalue weighted by atomic mass is 9.98. The van der Waals surface area contributed by atoms with Gasteiger partial charge in [-0.1, -0.05) is 13.0 Å². The molecule has 2 aliphatic rings. The summed E-state index contributed by atoms with van der Waals surface area (Å²) in [6.45, 7) is 4.15. The molecule has 3 rings (SSSR count). The van der Waals surface area contributed by atoms with E-state index in [4.69, 9.17) is 0 Å². The Morgan fingerprint density at radius 3 is 2.59 bits per heavy atom. The van der Waals surface area contributed by atoms with E-state index in [1.54, 1.807) is 17.5 Å². The predicted octanol–water partition coefficient (Wildman–Crippen LogP) is 2.16. The number of piperidine rings is 1. The van der Waals surface area contributed by atoms with E-state index in [0.29, 0.717) is 23.1 Å². The van der Waals surface area contributed by atoms with Crippen molar-refractivity contribution in [2.45, 2.75) is 42.9 Å². The molecule has 2 fully saturated rings. The number of likely N-dealkylation sites (tertiary alicyclic amines) is 1. The number of hydrogen-bond acceptors (Lipinski definition) is 4. The Hall–Kier alpha value is -0.920. The lowest BCUT2D eigenvalue weighted by molar-refractivity contribution is -0.135. The molecule has 1 amide bonds. The monoisotopic (exact) mass is 342 g/mol. The van der Waals surface area contributed by atoms with Crippen LogP contribution in [-0.4, -0.2) is 49.2 Å². The van der Waals surface area contributed by atoms with Crippen LogP contribution >= 0.6 is 11.3 Å². The van der Waals surface area contributed by atoms with Crippen LogP contribution < -0.4 is 0 Å². The third-order valence-corrected chi connectivity index (χ3v) is 7.92. The van der Waals surface area contributed by atoms with Crippen LogP contribution in [0.1, 0.15) is 32.6 Å². The van der Waals surface area contributed by atoms with Crippen LogP contribution in [-0.2, 0) is 14.8 Å². The van der Waals surface area contributed by atoms with E-state index in [0.717, 1.165) is 32.4 Å². The van der Waals surface area contributed by atoms with Crippen molar-refractivity contribution >= 4 is 27.3 Å². The van der Waals surface area contributed by atoms with Gasteiger partial charge in [0, 0.05) is 19.6 Å². The zero-order chi connectivity index (χ0) is 15.7. The maximum Gasteiger partial charge on any atom is 0.253 e. The summed E-state index contributed by atoms with van der Waals surface area (Å²) in [4.78, 5) is 14.6. The van der Waals surface area contributed by atoms with E-state index >= 15 is 0 Å². The van der Waals surface area contributed by atoms with Crippen molar-refractivity contribution in [2.24, 2.45) is 5.92 Å². The lowest BCUT2D eigenvalue weighted by Gasteiger charge is -2.34. The van der Waals surface area contributed by atoms with Crippen molar-refractivity contribution in [3.8, 4) is 0 Å². The fraction of sp³-hybridized carbons (Fsp3) is 0.667. The maximum atomic E-state index is 12.8. The summed E-state index contributed by atoms with van der Waals surface area (Å²) in [6.07, 6.45) is 3.41. The molecule has 7 heteroatoms. The quantitative estimate of drug-likeness (QED) is 0.846. The minimum atomic E-state index is -3.53. The zero-order valence-corrected chi connectivity index (χ0v) is 14.4. The molecule has 0 radical (unpaired) electrons. The maximum absolute atomic E-state index is 12.8. The Morgan fingerprint density at radius 1 is 1.23 bits per heavy atom. The fourth-order valence-electron chi connectivity index (χ4n) is 3.24. The molecule has 0 aromatic carbocycles. The Labute approximate surface area is 136 Å². The van der Waals surface area contributed by atoms with Crippen LogP contribution in [0.5, 0.6) is 0 Å². The van der Waals surface area contributed by atoms with Gasteiger partial charge in [0.2, 0.25) is 5.91 Å². The fourth-order valence-corrected chi connectivity index (χ4v) is 6.01. The minimum absolute atomic E-state index is 0.00969. The number of carbonyl (C=O) groups is 1. The summed E-state index contributed by atoms with van der Waals surface area (Å²) in [5.74, 6) is 0.642. The second kappa shape index (κ2) is 6.29. The number of amides is 1. The van der Waals surface area contributed by atoms with Crippen molar-refractivity contribution in [1.82, 2.24) is 9.21 Å². The van der Waals surface area contributed by atoms with Crippen molar-refractivity contribution < 1.29 is 13.2 Å². The molecule has 3 heterocycles. The van der Waals surface area contributed by atoms with Gasteiger partial charge in [-0.05, 0) is 43.0 Å². The molecule has 22 heavy (non-hydrogen) atoms. The second-order valence-electron chi connectivity index (χ2n) is 6.21. The molecule has 0 saturated carbocycles. The van der Waals surface area contributed by atoms with Crippen LogP contribution in [0.2, 0.25) is 0 Å². The van der Waals surface area contributed by atoms with Crippen LogP contribution in [0.4, 0.5) is 0 Å². The van der Waals surface area contributed by atoms with Gasteiger partial charge in [0.15, 0.2) is 0 Å². The Balaban J connectivity index is 1.77. The molecule has 1 unspecified atom stereocenters. The van der Waals surface area contributed by atoms with Crippen molar-refractivity contribution in [3.05, 3.63) is 17.5 Å². The van der Waals surface area contributed by atoms with E-state index in [1.807, 2.05) is 4.90 Å². The number of sulfonamides is 1. The van der Waals surface area contributed by atoms with E-state index in [2.05, 4.69) is 6.92 Å². The van der Waals surface area contributed by atoms with Crippen molar-refractivity contribution in [3.63, 3.8) is 0 Å². The van der Waals surface area contributed by atoms with E-state index in [9.17, 15) is 13.2 Å². The summed E-state index contributed by atoms with van der Waals surface area (Å²) >= 11 is 1.21. The molecule has 0 spiro atoms. The molecular weight excluding hydrogens is 320 g/mol. The highest BCUT2D eigenvalue weighted by molar-refractivity contribution is 7.91. The smallest absolute Gasteiger partial charge is 0.253 e. The molecule has 5 nitrogen and oxygen atoms in total. The van der Waals surface area contributed by atoms with Gasteiger partial charge in [0.05, 0.1) is 0 Å². The summed E-state index contributed by atoms with van der Waals surface area (Å²) in [5.41, 5.74) is 0. The third kappa shape index (κ3) is 2.94. The Kier molecular flexibility index (Phi) is 4.56. The van der Waals surface area contributed by atoms with Crippen LogP contribution in [0.25, 0.3) is 0 Å². The SMILES string of the molecule is CC1CCN(C(=O)C2CCCN2S(=O)(=O)c2cccs2)CC1. The molecule has 0 bridgehead atoms.